The predicted octanol–water partition coefficient (Wildman–Crippen LogP) is 4.95. The van der Waals surface area contributed by atoms with Crippen molar-refractivity contribution < 1.29 is 4.39 Å². The van der Waals surface area contributed by atoms with E-state index in [0.717, 1.165) is 41.8 Å². The second-order valence-electron chi connectivity index (χ2n) is 5.00. The molecule has 106 valence electrons. The normalized spacial score (nSPS) is 10.8. The molecule has 0 fully saturated rings. The van der Waals surface area contributed by atoms with Gasteiger partial charge < -0.3 is 5.32 Å². The molecule has 2 aromatic rings. The Morgan fingerprint density at radius 2 is 1.95 bits per heavy atom. The summed E-state index contributed by atoms with van der Waals surface area (Å²) in [6, 6.07) is 10.8. The maximum absolute atomic E-state index is 13.6. The van der Waals surface area contributed by atoms with E-state index in [1.165, 1.54) is 6.07 Å². The molecule has 20 heavy (non-hydrogen) atoms. The molecule has 0 bridgehead atoms. The summed E-state index contributed by atoms with van der Waals surface area (Å²) in [4.78, 5) is 0. The Hall–Kier alpha value is -1.38. The van der Waals surface area contributed by atoms with Crippen molar-refractivity contribution >= 4 is 11.6 Å². The van der Waals surface area contributed by atoms with E-state index in [1.54, 1.807) is 6.07 Å². The average Bonchev–Trinajstić information content (AvgIpc) is 2.39. The van der Waals surface area contributed by atoms with Crippen molar-refractivity contribution in [2.45, 2.75) is 26.8 Å². The molecule has 1 nitrogen and oxygen atoms in total. The fourth-order valence-corrected chi connectivity index (χ4v) is 2.44. The van der Waals surface area contributed by atoms with Gasteiger partial charge in [-0.15, -0.1) is 0 Å². The van der Waals surface area contributed by atoms with Crippen molar-refractivity contribution in [2.24, 2.45) is 0 Å². The van der Waals surface area contributed by atoms with Crippen LogP contribution in [0.5, 0.6) is 0 Å². The van der Waals surface area contributed by atoms with Gasteiger partial charge in [-0.25, -0.2) is 4.39 Å². The highest BCUT2D eigenvalue weighted by Crippen LogP contribution is 2.28. The molecule has 2 aromatic carbocycles. The monoisotopic (exact) mass is 291 g/mol. The lowest BCUT2D eigenvalue weighted by atomic mass is 9.98. The van der Waals surface area contributed by atoms with Crippen LogP contribution in [-0.4, -0.2) is 6.54 Å². The molecule has 0 aliphatic rings. The highest BCUT2D eigenvalue weighted by molar-refractivity contribution is 6.30. The van der Waals surface area contributed by atoms with Gasteiger partial charge in [-0.2, -0.15) is 0 Å². The standard InChI is InChI=1S/C17H19ClFN/c1-3-6-20-11-13-4-5-15(18)10-17(13)14-7-12(2)8-16(19)9-14/h4-5,7-10,20H,3,6,11H2,1-2H3. The Morgan fingerprint density at radius 3 is 2.65 bits per heavy atom. The van der Waals surface area contributed by atoms with Crippen molar-refractivity contribution in [1.29, 1.82) is 0 Å². The summed E-state index contributed by atoms with van der Waals surface area (Å²) >= 11 is 6.09. The topological polar surface area (TPSA) is 12.0 Å². The molecule has 3 heteroatoms. The largest absolute Gasteiger partial charge is 0.313 e. The maximum Gasteiger partial charge on any atom is 0.124 e. The van der Waals surface area contributed by atoms with Crippen molar-refractivity contribution in [3.8, 4) is 11.1 Å². The molecular weight excluding hydrogens is 273 g/mol. The van der Waals surface area contributed by atoms with Crippen molar-refractivity contribution in [3.63, 3.8) is 0 Å². The molecule has 0 aliphatic heterocycles. The van der Waals surface area contributed by atoms with Gasteiger partial charge in [-0.3, -0.25) is 0 Å². The van der Waals surface area contributed by atoms with Crippen molar-refractivity contribution in [2.75, 3.05) is 6.54 Å². The third-order valence-electron chi connectivity index (χ3n) is 3.17. The molecule has 0 spiro atoms. The van der Waals surface area contributed by atoms with Crippen LogP contribution in [-0.2, 0) is 6.54 Å². The SMILES string of the molecule is CCCNCc1ccc(Cl)cc1-c1cc(C)cc(F)c1. The molecule has 1 N–H and O–H groups in total. The lowest BCUT2D eigenvalue weighted by molar-refractivity contribution is 0.627. The van der Waals surface area contributed by atoms with Crippen LogP contribution in [0.2, 0.25) is 5.02 Å². The van der Waals surface area contributed by atoms with Crippen LogP contribution in [0.3, 0.4) is 0 Å². The minimum absolute atomic E-state index is 0.215. The number of benzene rings is 2. The molecule has 0 aliphatic carbocycles. The van der Waals surface area contributed by atoms with E-state index in [0.29, 0.717) is 5.02 Å². The third kappa shape index (κ3) is 3.81. The summed E-state index contributed by atoms with van der Waals surface area (Å²) in [6.45, 7) is 5.75. The Labute approximate surface area is 124 Å². The van der Waals surface area contributed by atoms with E-state index in [9.17, 15) is 4.39 Å². The minimum atomic E-state index is -0.215. The number of rotatable bonds is 5. The number of nitrogens with one attached hydrogen (secondary N) is 1. The van der Waals surface area contributed by atoms with Crippen LogP contribution >= 0.6 is 11.6 Å². The Bertz CT molecular complexity index is 575. The van der Waals surface area contributed by atoms with Gasteiger partial charge in [-0.05, 0) is 66.4 Å². The van der Waals surface area contributed by atoms with Gasteiger partial charge in [0.05, 0.1) is 0 Å². The molecule has 0 atom stereocenters. The highest BCUT2D eigenvalue weighted by Gasteiger charge is 2.08. The van der Waals surface area contributed by atoms with E-state index in [4.69, 9.17) is 11.6 Å². The Kier molecular flexibility index (Phi) is 5.16. The summed E-state index contributed by atoms with van der Waals surface area (Å²) in [5.74, 6) is -0.215. The zero-order chi connectivity index (χ0) is 14.5. The van der Waals surface area contributed by atoms with Crippen LogP contribution in [0, 0.1) is 12.7 Å². The summed E-state index contributed by atoms with van der Waals surface area (Å²) in [6.07, 6.45) is 1.09. The first-order valence-electron chi connectivity index (χ1n) is 6.87. The summed E-state index contributed by atoms with van der Waals surface area (Å²) < 4.78 is 13.6. The maximum atomic E-state index is 13.6. The molecule has 2 rings (SSSR count). The van der Waals surface area contributed by atoms with Gasteiger partial charge in [0, 0.05) is 11.6 Å². The smallest absolute Gasteiger partial charge is 0.124 e. The predicted molar refractivity (Wildman–Crippen MR) is 83.6 cm³/mol. The first-order chi connectivity index (χ1) is 9.60. The van der Waals surface area contributed by atoms with Gasteiger partial charge in [0.25, 0.3) is 0 Å². The number of hydrogen-bond acceptors (Lipinski definition) is 1. The average molecular weight is 292 g/mol. The van der Waals surface area contributed by atoms with Crippen LogP contribution < -0.4 is 5.32 Å². The fraction of sp³-hybridized carbons (Fsp3) is 0.294. The number of hydrogen-bond donors (Lipinski definition) is 1. The van der Waals surface area contributed by atoms with Gasteiger partial charge >= 0.3 is 0 Å². The highest BCUT2D eigenvalue weighted by atomic mass is 35.5. The van der Waals surface area contributed by atoms with Gasteiger partial charge in [0.15, 0.2) is 0 Å². The van der Waals surface area contributed by atoms with Crippen molar-refractivity contribution in [1.82, 2.24) is 5.32 Å². The minimum Gasteiger partial charge on any atom is -0.313 e. The quantitative estimate of drug-likeness (QED) is 0.768. The molecule has 0 amide bonds. The van der Waals surface area contributed by atoms with Crippen LogP contribution in [0.1, 0.15) is 24.5 Å². The van der Waals surface area contributed by atoms with Gasteiger partial charge in [0.1, 0.15) is 5.82 Å². The molecule has 0 saturated carbocycles. The summed E-state index contributed by atoms with van der Waals surface area (Å²) in [5, 5.41) is 4.04. The summed E-state index contributed by atoms with van der Waals surface area (Å²) in [5.41, 5.74) is 3.90. The fourth-order valence-electron chi connectivity index (χ4n) is 2.26. The number of aryl methyl sites for hydroxylation is 1. The molecule has 0 saturated heterocycles. The second-order valence-corrected chi connectivity index (χ2v) is 5.43. The lowest BCUT2D eigenvalue weighted by Gasteiger charge is -2.12. The Balaban J connectivity index is 2.40. The molecule has 0 aromatic heterocycles. The van der Waals surface area contributed by atoms with E-state index in [-0.39, 0.29) is 5.82 Å². The third-order valence-corrected chi connectivity index (χ3v) is 3.40. The van der Waals surface area contributed by atoms with Gasteiger partial charge in [0.2, 0.25) is 0 Å². The van der Waals surface area contributed by atoms with Crippen LogP contribution in [0.15, 0.2) is 36.4 Å². The first kappa shape index (κ1) is 15.0. The first-order valence-corrected chi connectivity index (χ1v) is 7.24. The zero-order valence-corrected chi connectivity index (χ0v) is 12.6. The molecule has 0 radical (unpaired) electrons. The van der Waals surface area contributed by atoms with E-state index in [2.05, 4.69) is 12.2 Å². The number of halogens is 2. The molecule has 0 unspecified atom stereocenters. The zero-order valence-electron chi connectivity index (χ0n) is 11.8. The van der Waals surface area contributed by atoms with E-state index >= 15 is 0 Å². The van der Waals surface area contributed by atoms with Crippen LogP contribution in [0.25, 0.3) is 11.1 Å². The van der Waals surface area contributed by atoms with Gasteiger partial charge in [-0.1, -0.05) is 30.7 Å². The van der Waals surface area contributed by atoms with E-state index in [1.807, 2.05) is 31.2 Å². The lowest BCUT2D eigenvalue weighted by Crippen LogP contribution is -2.14. The van der Waals surface area contributed by atoms with Crippen molar-refractivity contribution in [3.05, 3.63) is 58.4 Å². The van der Waals surface area contributed by atoms with E-state index < -0.39 is 0 Å². The molecule has 0 heterocycles. The van der Waals surface area contributed by atoms with Crippen LogP contribution in [0.4, 0.5) is 4.39 Å². The summed E-state index contributed by atoms with van der Waals surface area (Å²) in [7, 11) is 0. The Morgan fingerprint density at radius 1 is 1.15 bits per heavy atom. The second kappa shape index (κ2) is 6.87. The molecular formula is C17H19ClFN.